The van der Waals surface area contributed by atoms with E-state index in [4.69, 9.17) is 0 Å². The standard InChI is InChI=1S/C17H25N3S/c1-3-19-8-10-20(11-9-19)13-15-14-6-4-5-7-16(14)21-17(15)12-18-2/h4-7,18H,3,8-13H2,1-2H3. The average Bonchev–Trinajstić information content (AvgIpc) is 2.86. The van der Waals surface area contributed by atoms with E-state index in [0.717, 1.165) is 13.1 Å². The second kappa shape index (κ2) is 6.88. The number of nitrogens with zero attached hydrogens (tertiary/aromatic N) is 2. The lowest BCUT2D eigenvalue weighted by molar-refractivity contribution is 0.132. The van der Waals surface area contributed by atoms with Crippen LogP contribution in [0.4, 0.5) is 0 Å². The zero-order valence-corrected chi connectivity index (χ0v) is 13.9. The number of benzene rings is 1. The zero-order valence-electron chi connectivity index (χ0n) is 13.1. The third-order valence-corrected chi connectivity index (χ3v) is 5.63. The summed E-state index contributed by atoms with van der Waals surface area (Å²) in [7, 11) is 2.04. The Morgan fingerprint density at radius 1 is 1.10 bits per heavy atom. The molecule has 1 saturated heterocycles. The minimum atomic E-state index is 0.976. The molecule has 0 atom stereocenters. The summed E-state index contributed by atoms with van der Waals surface area (Å²) in [6.45, 7) is 10.3. The van der Waals surface area contributed by atoms with E-state index in [2.05, 4.69) is 46.3 Å². The quantitative estimate of drug-likeness (QED) is 0.916. The highest BCUT2D eigenvalue weighted by Gasteiger charge is 2.19. The van der Waals surface area contributed by atoms with Gasteiger partial charge in [0.05, 0.1) is 0 Å². The molecule has 0 saturated carbocycles. The second-order valence-corrected chi connectivity index (χ2v) is 6.88. The monoisotopic (exact) mass is 303 g/mol. The van der Waals surface area contributed by atoms with Crippen molar-refractivity contribution in [2.45, 2.75) is 20.0 Å². The lowest BCUT2D eigenvalue weighted by atomic mass is 10.1. The van der Waals surface area contributed by atoms with Gasteiger partial charge in [-0.3, -0.25) is 4.90 Å². The molecule has 3 rings (SSSR count). The molecular formula is C17H25N3S. The molecule has 0 radical (unpaired) electrons. The Morgan fingerprint density at radius 2 is 1.81 bits per heavy atom. The fourth-order valence-corrected chi connectivity index (χ4v) is 4.34. The number of rotatable bonds is 5. The van der Waals surface area contributed by atoms with E-state index in [9.17, 15) is 0 Å². The first-order valence-electron chi connectivity index (χ1n) is 7.90. The van der Waals surface area contributed by atoms with E-state index < -0.39 is 0 Å². The molecule has 0 unspecified atom stereocenters. The largest absolute Gasteiger partial charge is 0.315 e. The van der Waals surface area contributed by atoms with Gasteiger partial charge in [-0.25, -0.2) is 0 Å². The number of hydrogen-bond donors (Lipinski definition) is 1. The zero-order chi connectivity index (χ0) is 14.7. The number of hydrogen-bond acceptors (Lipinski definition) is 4. The maximum Gasteiger partial charge on any atom is 0.0349 e. The van der Waals surface area contributed by atoms with Gasteiger partial charge in [0, 0.05) is 48.8 Å². The normalized spacial score (nSPS) is 17.6. The summed E-state index contributed by atoms with van der Waals surface area (Å²) in [5, 5.41) is 4.77. The van der Waals surface area contributed by atoms with E-state index in [0.29, 0.717) is 0 Å². The number of piperazine rings is 1. The smallest absolute Gasteiger partial charge is 0.0349 e. The average molecular weight is 303 g/mol. The summed E-state index contributed by atoms with van der Waals surface area (Å²) in [6.07, 6.45) is 0. The van der Waals surface area contributed by atoms with Gasteiger partial charge >= 0.3 is 0 Å². The highest BCUT2D eigenvalue weighted by molar-refractivity contribution is 7.19. The van der Waals surface area contributed by atoms with Crippen LogP contribution in [0.1, 0.15) is 17.4 Å². The molecule has 0 spiro atoms. The van der Waals surface area contributed by atoms with Gasteiger partial charge in [0.15, 0.2) is 0 Å². The number of likely N-dealkylation sites (N-methyl/N-ethyl adjacent to an activating group) is 1. The molecule has 0 aliphatic carbocycles. The van der Waals surface area contributed by atoms with Crippen molar-refractivity contribution in [1.82, 2.24) is 15.1 Å². The lowest BCUT2D eigenvalue weighted by Crippen LogP contribution is -2.45. The Hall–Kier alpha value is -0.940. The molecule has 1 aromatic carbocycles. The second-order valence-electron chi connectivity index (χ2n) is 5.74. The van der Waals surface area contributed by atoms with Crippen LogP contribution < -0.4 is 5.32 Å². The summed E-state index contributed by atoms with van der Waals surface area (Å²) in [4.78, 5) is 6.65. The molecule has 1 aromatic heterocycles. The SMILES string of the molecule is CCN1CCN(Cc2c(CNC)sc3ccccc23)CC1. The topological polar surface area (TPSA) is 18.5 Å². The Bertz CT molecular complexity index is 585. The van der Waals surface area contributed by atoms with Crippen molar-refractivity contribution in [2.24, 2.45) is 0 Å². The van der Waals surface area contributed by atoms with Gasteiger partial charge in [-0.15, -0.1) is 11.3 Å². The molecule has 1 N–H and O–H groups in total. The van der Waals surface area contributed by atoms with Crippen LogP contribution in [-0.4, -0.2) is 49.6 Å². The van der Waals surface area contributed by atoms with Crippen molar-refractivity contribution in [3.8, 4) is 0 Å². The van der Waals surface area contributed by atoms with Crippen LogP contribution in [-0.2, 0) is 13.1 Å². The molecule has 1 aliphatic heterocycles. The van der Waals surface area contributed by atoms with Crippen molar-refractivity contribution >= 4 is 21.4 Å². The molecule has 21 heavy (non-hydrogen) atoms. The predicted octanol–water partition coefficient (Wildman–Crippen LogP) is 2.76. The molecule has 2 aromatic rings. The van der Waals surface area contributed by atoms with E-state index in [1.54, 1.807) is 0 Å². The fourth-order valence-electron chi connectivity index (χ4n) is 3.11. The van der Waals surface area contributed by atoms with Gasteiger partial charge in [0.2, 0.25) is 0 Å². The van der Waals surface area contributed by atoms with Gasteiger partial charge in [0.25, 0.3) is 0 Å². The predicted molar refractivity (Wildman–Crippen MR) is 92.0 cm³/mol. The molecule has 4 heteroatoms. The Balaban J connectivity index is 1.80. The van der Waals surface area contributed by atoms with E-state index in [1.807, 2.05) is 18.4 Å². The third-order valence-electron chi connectivity index (χ3n) is 4.41. The van der Waals surface area contributed by atoms with Crippen molar-refractivity contribution in [2.75, 3.05) is 39.8 Å². The van der Waals surface area contributed by atoms with E-state index in [1.165, 1.54) is 53.3 Å². The molecule has 0 amide bonds. The highest BCUT2D eigenvalue weighted by Crippen LogP contribution is 2.32. The molecule has 114 valence electrons. The maximum atomic E-state index is 3.32. The molecule has 0 bridgehead atoms. The van der Waals surface area contributed by atoms with E-state index in [-0.39, 0.29) is 0 Å². The fraction of sp³-hybridized carbons (Fsp3) is 0.529. The first-order chi connectivity index (χ1) is 10.3. The first kappa shape index (κ1) is 15.0. The number of nitrogens with one attached hydrogen (secondary N) is 1. The van der Waals surface area contributed by atoms with Crippen LogP contribution in [0.2, 0.25) is 0 Å². The summed E-state index contributed by atoms with van der Waals surface area (Å²) in [5.74, 6) is 0. The summed E-state index contributed by atoms with van der Waals surface area (Å²) in [5.41, 5.74) is 1.54. The summed E-state index contributed by atoms with van der Waals surface area (Å²) < 4.78 is 1.42. The van der Waals surface area contributed by atoms with Gasteiger partial charge < -0.3 is 10.2 Å². The molecule has 2 heterocycles. The van der Waals surface area contributed by atoms with Gasteiger partial charge in [-0.2, -0.15) is 0 Å². The molecule has 1 fully saturated rings. The highest BCUT2D eigenvalue weighted by atomic mass is 32.1. The van der Waals surface area contributed by atoms with Gasteiger partial charge in [-0.1, -0.05) is 25.1 Å². The van der Waals surface area contributed by atoms with Crippen molar-refractivity contribution in [3.05, 3.63) is 34.7 Å². The molecular weight excluding hydrogens is 278 g/mol. The minimum Gasteiger partial charge on any atom is -0.315 e. The van der Waals surface area contributed by atoms with Gasteiger partial charge in [-0.05, 0) is 30.6 Å². The van der Waals surface area contributed by atoms with E-state index >= 15 is 0 Å². The molecule has 1 aliphatic rings. The van der Waals surface area contributed by atoms with Crippen molar-refractivity contribution < 1.29 is 0 Å². The van der Waals surface area contributed by atoms with Crippen LogP contribution in [0.15, 0.2) is 24.3 Å². The third kappa shape index (κ3) is 3.29. The minimum absolute atomic E-state index is 0.976. The van der Waals surface area contributed by atoms with Crippen LogP contribution in [0.5, 0.6) is 0 Å². The maximum absolute atomic E-state index is 3.32. The summed E-state index contributed by atoms with van der Waals surface area (Å²) >= 11 is 1.94. The van der Waals surface area contributed by atoms with Crippen LogP contribution in [0.25, 0.3) is 10.1 Å². The number of thiophene rings is 1. The first-order valence-corrected chi connectivity index (χ1v) is 8.72. The number of fused-ring (bicyclic) bond motifs is 1. The van der Waals surface area contributed by atoms with Crippen molar-refractivity contribution in [3.63, 3.8) is 0 Å². The van der Waals surface area contributed by atoms with Crippen molar-refractivity contribution in [1.29, 1.82) is 0 Å². The molecule has 3 nitrogen and oxygen atoms in total. The Labute approximate surface area is 131 Å². The van der Waals surface area contributed by atoms with Crippen LogP contribution in [0.3, 0.4) is 0 Å². The summed E-state index contributed by atoms with van der Waals surface area (Å²) in [6, 6.07) is 8.84. The lowest BCUT2D eigenvalue weighted by Gasteiger charge is -2.34. The Morgan fingerprint density at radius 3 is 2.52 bits per heavy atom. The van der Waals surface area contributed by atoms with Crippen LogP contribution in [0, 0.1) is 0 Å². The Kier molecular flexibility index (Phi) is 4.91. The van der Waals surface area contributed by atoms with Crippen LogP contribution >= 0.6 is 11.3 Å². The van der Waals surface area contributed by atoms with Gasteiger partial charge in [0.1, 0.15) is 0 Å².